The lowest BCUT2D eigenvalue weighted by atomic mass is 9.97. The van der Waals surface area contributed by atoms with E-state index in [2.05, 4.69) is 0 Å². The number of carbonyl (C=O) groups excluding carboxylic acids is 1. The van der Waals surface area contributed by atoms with Gasteiger partial charge in [0.1, 0.15) is 5.25 Å². The van der Waals surface area contributed by atoms with Gasteiger partial charge < -0.3 is 0 Å². The Bertz CT molecular complexity index is 482. The first-order valence-electron chi connectivity index (χ1n) is 5.45. The Labute approximate surface area is 102 Å². The van der Waals surface area contributed by atoms with Crippen LogP contribution in [-0.4, -0.2) is 19.5 Å². The van der Waals surface area contributed by atoms with Gasteiger partial charge in [-0.3, -0.25) is 4.79 Å². The molecule has 0 bridgehead atoms. The minimum atomic E-state index is -4.12. The molecule has 0 saturated carbocycles. The van der Waals surface area contributed by atoms with Gasteiger partial charge in [0.2, 0.25) is 10.0 Å². The summed E-state index contributed by atoms with van der Waals surface area (Å²) in [7, 11) is -4.12. The second kappa shape index (κ2) is 5.42. The molecule has 0 saturated heterocycles. The van der Waals surface area contributed by atoms with Crippen LogP contribution in [0.3, 0.4) is 0 Å². The van der Waals surface area contributed by atoms with Crippen molar-refractivity contribution in [1.82, 2.24) is 5.14 Å². The van der Waals surface area contributed by atoms with Crippen LogP contribution in [-0.2, 0) is 10.0 Å². The van der Waals surface area contributed by atoms with Gasteiger partial charge in [-0.15, -0.1) is 5.14 Å². The summed E-state index contributed by atoms with van der Waals surface area (Å²) in [6, 6.07) is 8.25. The maximum Gasteiger partial charge on any atom is 0.235 e. The summed E-state index contributed by atoms with van der Waals surface area (Å²) in [5.41, 5.74) is 0.341. The zero-order valence-corrected chi connectivity index (χ0v) is 10.7. The SMILES string of the molecule is CCC(C)C(C(=O)c1ccccc1)S([NH])(=O)=O. The Morgan fingerprint density at radius 3 is 2.24 bits per heavy atom. The average Bonchev–Trinajstić information content (AvgIpc) is 2.28. The van der Waals surface area contributed by atoms with Crippen LogP contribution in [0.4, 0.5) is 0 Å². The molecule has 2 atom stereocenters. The second-order valence-electron chi connectivity index (χ2n) is 4.08. The van der Waals surface area contributed by atoms with E-state index in [9.17, 15) is 13.2 Å². The highest BCUT2D eigenvalue weighted by atomic mass is 32.2. The van der Waals surface area contributed by atoms with Crippen LogP contribution in [0.5, 0.6) is 0 Å². The van der Waals surface area contributed by atoms with Crippen LogP contribution in [0.15, 0.2) is 30.3 Å². The van der Waals surface area contributed by atoms with E-state index in [-0.39, 0.29) is 5.92 Å². The Morgan fingerprint density at radius 1 is 1.29 bits per heavy atom. The van der Waals surface area contributed by atoms with Crippen molar-refractivity contribution in [2.24, 2.45) is 5.92 Å². The van der Waals surface area contributed by atoms with Crippen molar-refractivity contribution in [2.75, 3.05) is 0 Å². The fraction of sp³-hybridized carbons (Fsp3) is 0.417. The van der Waals surface area contributed by atoms with Gasteiger partial charge in [-0.05, 0) is 5.92 Å². The van der Waals surface area contributed by atoms with E-state index in [1.165, 1.54) is 0 Å². The zero-order valence-electron chi connectivity index (χ0n) is 9.88. The topological polar surface area (TPSA) is 75.0 Å². The summed E-state index contributed by atoms with van der Waals surface area (Å²) >= 11 is 0. The zero-order chi connectivity index (χ0) is 13.1. The van der Waals surface area contributed by atoms with E-state index in [0.29, 0.717) is 12.0 Å². The number of benzene rings is 1. The molecule has 17 heavy (non-hydrogen) atoms. The van der Waals surface area contributed by atoms with Crippen molar-refractivity contribution in [1.29, 1.82) is 0 Å². The predicted molar refractivity (Wildman–Crippen MR) is 66.0 cm³/mol. The quantitative estimate of drug-likeness (QED) is 0.753. The van der Waals surface area contributed by atoms with Crippen LogP contribution in [0.1, 0.15) is 30.6 Å². The van der Waals surface area contributed by atoms with Gasteiger partial charge in [-0.2, -0.15) is 0 Å². The van der Waals surface area contributed by atoms with E-state index >= 15 is 0 Å². The largest absolute Gasteiger partial charge is 0.293 e. The summed E-state index contributed by atoms with van der Waals surface area (Å²) in [6.45, 7) is 3.48. The highest BCUT2D eigenvalue weighted by Gasteiger charge is 2.35. The minimum Gasteiger partial charge on any atom is -0.293 e. The molecule has 0 heterocycles. The Balaban J connectivity index is 3.13. The first-order chi connectivity index (χ1) is 7.88. The van der Waals surface area contributed by atoms with E-state index in [1.54, 1.807) is 44.2 Å². The number of ketones is 1. The van der Waals surface area contributed by atoms with E-state index in [0.717, 1.165) is 0 Å². The molecule has 0 aliphatic carbocycles. The molecule has 1 radical (unpaired) electrons. The molecule has 0 aromatic heterocycles. The van der Waals surface area contributed by atoms with Gasteiger partial charge in [0.05, 0.1) is 0 Å². The van der Waals surface area contributed by atoms with Gasteiger partial charge in [0.25, 0.3) is 0 Å². The molecule has 2 unspecified atom stereocenters. The average molecular weight is 254 g/mol. The summed E-state index contributed by atoms with van der Waals surface area (Å²) in [5, 5.41) is 5.89. The third-order valence-electron chi connectivity index (χ3n) is 2.81. The predicted octanol–water partition coefficient (Wildman–Crippen LogP) is 1.90. The van der Waals surface area contributed by atoms with Crippen molar-refractivity contribution in [3.63, 3.8) is 0 Å². The van der Waals surface area contributed by atoms with Gasteiger partial charge in [0.15, 0.2) is 5.78 Å². The highest BCUT2D eigenvalue weighted by Crippen LogP contribution is 2.19. The smallest absolute Gasteiger partial charge is 0.235 e. The number of Topliss-reactive ketones (excluding diaryl/α,β-unsaturated/α-hetero) is 1. The van der Waals surface area contributed by atoms with Crippen LogP contribution in [0.25, 0.3) is 0 Å². The third kappa shape index (κ3) is 3.38. The van der Waals surface area contributed by atoms with Crippen molar-refractivity contribution >= 4 is 15.8 Å². The molecule has 0 aliphatic heterocycles. The van der Waals surface area contributed by atoms with Crippen molar-refractivity contribution in [3.8, 4) is 0 Å². The Kier molecular flexibility index (Phi) is 4.42. The van der Waals surface area contributed by atoms with E-state index in [1.807, 2.05) is 0 Å². The Morgan fingerprint density at radius 2 is 1.82 bits per heavy atom. The molecule has 1 aromatic carbocycles. The molecule has 1 N–H and O–H groups in total. The molecule has 0 spiro atoms. The third-order valence-corrected chi connectivity index (χ3v) is 4.16. The maximum absolute atomic E-state index is 12.1. The molecular formula is C12H16NO3S. The number of sulfonamides is 1. The second-order valence-corrected chi connectivity index (χ2v) is 5.68. The fourth-order valence-corrected chi connectivity index (χ4v) is 2.91. The molecule has 0 aliphatic rings. The Hall–Kier alpha value is -1.20. The van der Waals surface area contributed by atoms with Crippen molar-refractivity contribution < 1.29 is 13.2 Å². The molecule has 5 heteroatoms. The van der Waals surface area contributed by atoms with Gasteiger partial charge >= 0.3 is 0 Å². The fourth-order valence-electron chi connectivity index (χ4n) is 1.69. The number of hydrogen-bond donors (Lipinski definition) is 0. The summed E-state index contributed by atoms with van der Waals surface area (Å²) in [6.07, 6.45) is 0.543. The summed E-state index contributed by atoms with van der Waals surface area (Å²) in [4.78, 5) is 12.1. The monoisotopic (exact) mass is 254 g/mol. The highest BCUT2D eigenvalue weighted by molar-refractivity contribution is 7.90. The lowest BCUT2D eigenvalue weighted by Crippen LogP contribution is -2.36. The molecule has 0 amide bonds. The van der Waals surface area contributed by atoms with Crippen molar-refractivity contribution in [3.05, 3.63) is 35.9 Å². The molecular weight excluding hydrogens is 238 g/mol. The standard InChI is InChI=1S/C12H16NO3S/c1-3-9(2)12(17(13,15)16)11(14)10-7-5-4-6-8-10/h4-9,12-13H,3H2,1-2H3. The maximum atomic E-state index is 12.1. The van der Waals surface area contributed by atoms with E-state index < -0.39 is 21.1 Å². The normalized spacial score (nSPS) is 15.2. The lowest BCUT2D eigenvalue weighted by Gasteiger charge is -2.18. The van der Waals surface area contributed by atoms with Gasteiger partial charge in [0, 0.05) is 5.56 Å². The first-order valence-corrected chi connectivity index (χ1v) is 7.00. The van der Waals surface area contributed by atoms with Gasteiger partial charge in [-0.25, -0.2) is 8.42 Å². The van der Waals surface area contributed by atoms with Crippen LogP contribution in [0, 0.1) is 5.92 Å². The number of hydrogen-bond acceptors (Lipinski definition) is 3. The van der Waals surface area contributed by atoms with Crippen LogP contribution < -0.4 is 5.14 Å². The molecule has 4 nitrogen and oxygen atoms in total. The molecule has 1 rings (SSSR count). The molecule has 0 fully saturated rings. The molecule has 1 aromatic rings. The lowest BCUT2D eigenvalue weighted by molar-refractivity contribution is 0.0968. The number of carbonyl (C=O) groups is 1. The molecule has 93 valence electrons. The van der Waals surface area contributed by atoms with Crippen molar-refractivity contribution in [2.45, 2.75) is 25.5 Å². The first kappa shape index (κ1) is 13.9. The summed E-state index contributed by atoms with van der Waals surface area (Å²) in [5.74, 6) is -0.847. The van der Waals surface area contributed by atoms with Crippen LogP contribution >= 0.6 is 0 Å². The number of rotatable bonds is 5. The van der Waals surface area contributed by atoms with Crippen LogP contribution in [0.2, 0.25) is 0 Å². The minimum absolute atomic E-state index is 0.341. The van der Waals surface area contributed by atoms with E-state index in [4.69, 9.17) is 5.14 Å². The summed E-state index contributed by atoms with van der Waals surface area (Å²) < 4.78 is 22.8. The van der Waals surface area contributed by atoms with Gasteiger partial charge in [-0.1, -0.05) is 50.6 Å². The number of nitrogens with one attached hydrogen (secondary N) is 1.